The summed E-state index contributed by atoms with van der Waals surface area (Å²) in [6.45, 7) is 1.61. The van der Waals surface area contributed by atoms with Crippen LogP contribution in [0.15, 0.2) is 0 Å². The van der Waals surface area contributed by atoms with Crippen molar-refractivity contribution in [1.82, 2.24) is 0 Å². The molecule has 16 heavy (non-hydrogen) atoms. The van der Waals surface area contributed by atoms with Crippen LogP contribution in [0.25, 0.3) is 0 Å². The molecule has 0 radical (unpaired) electrons. The molecule has 3 atom stereocenters. The van der Waals surface area contributed by atoms with E-state index in [1.807, 2.05) is 0 Å². The van der Waals surface area contributed by atoms with Crippen molar-refractivity contribution in [2.24, 2.45) is 5.41 Å². The molecule has 0 unspecified atom stereocenters. The van der Waals surface area contributed by atoms with Gasteiger partial charge in [0.1, 0.15) is 6.10 Å². The van der Waals surface area contributed by atoms with Crippen LogP contribution in [-0.4, -0.2) is 35.5 Å². The Morgan fingerprint density at radius 3 is 2.62 bits per heavy atom. The Morgan fingerprint density at radius 2 is 2.19 bits per heavy atom. The normalized spacial score (nSPS) is 34.4. The van der Waals surface area contributed by atoms with Crippen molar-refractivity contribution in [1.29, 1.82) is 0 Å². The van der Waals surface area contributed by atoms with Crippen molar-refractivity contribution < 1.29 is 24.6 Å². The van der Waals surface area contributed by atoms with Crippen LogP contribution in [0.1, 0.15) is 26.2 Å². The highest BCUT2D eigenvalue weighted by atomic mass is 17.0. The van der Waals surface area contributed by atoms with Crippen molar-refractivity contribution in [2.45, 2.75) is 38.4 Å². The fourth-order valence-electron chi connectivity index (χ4n) is 1.98. The Balaban J connectivity index is 2.70. The van der Waals surface area contributed by atoms with Gasteiger partial charge in [0.05, 0.1) is 11.5 Å². The van der Waals surface area contributed by atoms with Crippen LogP contribution in [0.2, 0.25) is 0 Å². The van der Waals surface area contributed by atoms with E-state index in [-0.39, 0.29) is 6.42 Å². The molecule has 0 aliphatic heterocycles. The van der Waals surface area contributed by atoms with E-state index in [9.17, 15) is 14.9 Å². The van der Waals surface area contributed by atoms with Gasteiger partial charge in [0.15, 0.2) is 0 Å². The number of carboxylic acids is 1. The first-order chi connectivity index (χ1) is 7.39. The smallest absolute Gasteiger partial charge is 0.309 e. The van der Waals surface area contributed by atoms with Gasteiger partial charge >= 0.3 is 5.97 Å². The summed E-state index contributed by atoms with van der Waals surface area (Å²) in [4.78, 5) is 25.7. The standard InChI is InChI=1S/C9H15NO6/c1-9(8(11)12)4-3-6(16-10(13)14)7(5-9)15-2/h6-7H,3-5H2,1-2H3,(H,11,12)/t6-,7-,9+/m1/s1. The topological polar surface area (TPSA) is 98.9 Å². The molecule has 0 heterocycles. The Kier molecular flexibility index (Phi) is 3.69. The van der Waals surface area contributed by atoms with E-state index in [2.05, 4.69) is 4.84 Å². The van der Waals surface area contributed by atoms with E-state index in [0.717, 1.165) is 0 Å². The Bertz CT molecular complexity index is 294. The summed E-state index contributed by atoms with van der Waals surface area (Å²) in [6, 6.07) is 0. The molecule has 0 aromatic rings. The van der Waals surface area contributed by atoms with E-state index in [0.29, 0.717) is 12.8 Å². The lowest BCUT2D eigenvalue weighted by Gasteiger charge is -2.37. The molecular weight excluding hydrogens is 218 g/mol. The van der Waals surface area contributed by atoms with Crippen molar-refractivity contribution >= 4 is 5.97 Å². The number of carboxylic acid groups (broad SMARTS) is 1. The van der Waals surface area contributed by atoms with Gasteiger partial charge in [0.25, 0.3) is 5.09 Å². The second-order valence-electron chi connectivity index (χ2n) is 4.25. The molecule has 7 heteroatoms. The van der Waals surface area contributed by atoms with Crippen molar-refractivity contribution in [2.75, 3.05) is 7.11 Å². The lowest BCUT2D eigenvalue weighted by Crippen LogP contribution is -2.45. The minimum Gasteiger partial charge on any atom is -0.481 e. The zero-order valence-electron chi connectivity index (χ0n) is 9.21. The average molecular weight is 233 g/mol. The zero-order valence-corrected chi connectivity index (χ0v) is 9.21. The van der Waals surface area contributed by atoms with Crippen molar-refractivity contribution in [3.05, 3.63) is 10.1 Å². The SMILES string of the molecule is CO[C@@H]1C[C@@](C)(C(=O)O)CC[C@H]1O[N+](=O)[O-]. The third-order valence-corrected chi connectivity index (χ3v) is 3.09. The lowest BCUT2D eigenvalue weighted by molar-refractivity contribution is -0.771. The number of aliphatic carboxylic acids is 1. The summed E-state index contributed by atoms with van der Waals surface area (Å²) in [6.07, 6.45) is -0.354. The maximum atomic E-state index is 11.0. The minimum atomic E-state index is -0.908. The Labute approximate surface area is 92.4 Å². The number of hydrogen-bond donors (Lipinski definition) is 1. The summed E-state index contributed by atoms with van der Waals surface area (Å²) >= 11 is 0. The highest BCUT2D eigenvalue weighted by molar-refractivity contribution is 5.74. The molecule has 0 amide bonds. The summed E-state index contributed by atoms with van der Waals surface area (Å²) < 4.78 is 5.06. The fourth-order valence-corrected chi connectivity index (χ4v) is 1.98. The number of ether oxygens (including phenoxy) is 1. The molecule has 7 nitrogen and oxygen atoms in total. The summed E-state index contributed by atoms with van der Waals surface area (Å²) in [5, 5.41) is 18.4. The van der Waals surface area contributed by atoms with Gasteiger partial charge in [-0.15, -0.1) is 10.1 Å². The molecule has 1 fully saturated rings. The summed E-state index contributed by atoms with van der Waals surface area (Å²) in [5.41, 5.74) is -0.892. The Morgan fingerprint density at radius 1 is 1.56 bits per heavy atom. The molecular formula is C9H15NO6. The van der Waals surface area contributed by atoms with Crippen molar-refractivity contribution in [3.63, 3.8) is 0 Å². The van der Waals surface area contributed by atoms with Crippen molar-refractivity contribution in [3.8, 4) is 0 Å². The molecule has 1 aliphatic carbocycles. The van der Waals surface area contributed by atoms with Crippen LogP contribution in [0.4, 0.5) is 0 Å². The molecule has 0 aromatic carbocycles. The Hall–Kier alpha value is -1.37. The molecule has 1 saturated carbocycles. The van der Waals surface area contributed by atoms with E-state index in [1.165, 1.54) is 7.11 Å². The first kappa shape index (κ1) is 12.7. The number of nitrogens with zero attached hydrogens (tertiary/aromatic N) is 1. The first-order valence-corrected chi connectivity index (χ1v) is 4.96. The lowest BCUT2D eigenvalue weighted by atomic mass is 9.73. The largest absolute Gasteiger partial charge is 0.481 e. The fraction of sp³-hybridized carbons (Fsp3) is 0.889. The molecule has 1 N–H and O–H groups in total. The molecule has 0 bridgehead atoms. The predicted molar refractivity (Wildman–Crippen MR) is 52.3 cm³/mol. The van der Waals surface area contributed by atoms with Gasteiger partial charge in [-0.25, -0.2) is 0 Å². The molecule has 0 saturated heterocycles. The number of methoxy groups -OCH3 is 1. The van der Waals surface area contributed by atoms with E-state index >= 15 is 0 Å². The first-order valence-electron chi connectivity index (χ1n) is 4.96. The van der Waals surface area contributed by atoms with Gasteiger partial charge in [-0.05, 0) is 26.2 Å². The van der Waals surface area contributed by atoms with Gasteiger partial charge < -0.3 is 14.7 Å². The average Bonchev–Trinajstić information content (AvgIpc) is 2.20. The quantitative estimate of drug-likeness (QED) is 0.571. The maximum absolute atomic E-state index is 11.0. The monoisotopic (exact) mass is 233 g/mol. The van der Waals surface area contributed by atoms with Gasteiger partial charge in [0, 0.05) is 7.11 Å². The van der Waals surface area contributed by atoms with Crippen LogP contribution in [0.3, 0.4) is 0 Å². The van der Waals surface area contributed by atoms with Crippen LogP contribution in [-0.2, 0) is 14.4 Å². The van der Waals surface area contributed by atoms with Crippen LogP contribution >= 0.6 is 0 Å². The molecule has 0 aromatic heterocycles. The third-order valence-electron chi connectivity index (χ3n) is 3.09. The molecule has 1 aliphatic rings. The van der Waals surface area contributed by atoms with Crippen LogP contribution < -0.4 is 0 Å². The molecule has 0 spiro atoms. The third kappa shape index (κ3) is 2.60. The minimum absolute atomic E-state index is 0.220. The molecule has 1 rings (SSSR count). The van der Waals surface area contributed by atoms with Gasteiger partial charge in [-0.2, -0.15) is 0 Å². The van der Waals surface area contributed by atoms with E-state index in [1.54, 1.807) is 6.92 Å². The number of hydrogen-bond acceptors (Lipinski definition) is 5. The van der Waals surface area contributed by atoms with E-state index < -0.39 is 28.7 Å². The second-order valence-corrected chi connectivity index (χ2v) is 4.25. The van der Waals surface area contributed by atoms with Crippen LogP contribution in [0, 0.1) is 15.5 Å². The highest BCUT2D eigenvalue weighted by Crippen LogP contribution is 2.38. The number of carbonyl (C=O) groups is 1. The predicted octanol–water partition coefficient (Wildman–Crippen LogP) is 0.853. The van der Waals surface area contributed by atoms with Crippen LogP contribution in [0.5, 0.6) is 0 Å². The van der Waals surface area contributed by atoms with Gasteiger partial charge in [-0.3, -0.25) is 4.79 Å². The summed E-state index contributed by atoms with van der Waals surface area (Å²) in [5.74, 6) is -0.908. The maximum Gasteiger partial charge on any atom is 0.309 e. The van der Waals surface area contributed by atoms with Gasteiger partial charge in [-0.1, -0.05) is 0 Å². The molecule has 92 valence electrons. The highest BCUT2D eigenvalue weighted by Gasteiger charge is 2.44. The zero-order chi connectivity index (χ0) is 12.3. The van der Waals surface area contributed by atoms with E-state index in [4.69, 9.17) is 9.84 Å². The number of rotatable bonds is 4. The van der Waals surface area contributed by atoms with Gasteiger partial charge in [0.2, 0.25) is 0 Å². The summed E-state index contributed by atoms with van der Waals surface area (Å²) in [7, 11) is 1.40. The second kappa shape index (κ2) is 4.65.